The molecule has 0 spiro atoms. The minimum Gasteiger partial charge on any atom is -0.383 e. The Morgan fingerprint density at radius 3 is 2.60 bits per heavy atom. The predicted octanol–water partition coefficient (Wildman–Crippen LogP) is 0.775. The molecule has 1 heterocycles. The van der Waals surface area contributed by atoms with Crippen LogP contribution >= 0.6 is 0 Å². The number of hydrogen-bond donors (Lipinski definition) is 1. The molecule has 2 rings (SSSR count). The van der Waals surface area contributed by atoms with Crippen LogP contribution in [0, 0.1) is 5.92 Å². The largest absolute Gasteiger partial charge is 0.383 e. The molecule has 0 amide bonds. The molecule has 10 heavy (non-hydrogen) atoms. The lowest BCUT2D eigenvalue weighted by Gasteiger charge is -2.43. The van der Waals surface area contributed by atoms with Crippen LogP contribution in [0.25, 0.3) is 0 Å². The average molecular weight is 141 g/mol. The lowest BCUT2D eigenvalue weighted by molar-refractivity contribution is 0.0492. The van der Waals surface area contributed by atoms with Gasteiger partial charge < -0.3 is 10.1 Å². The molecule has 0 radical (unpaired) electrons. The van der Waals surface area contributed by atoms with Crippen molar-refractivity contribution in [2.24, 2.45) is 5.92 Å². The van der Waals surface area contributed by atoms with Crippen molar-refractivity contribution in [2.45, 2.75) is 24.8 Å². The Kier molecular flexibility index (Phi) is 1.46. The minimum absolute atomic E-state index is 0.411. The molecule has 2 aliphatic rings. The molecule has 1 aliphatic heterocycles. The number of nitrogens with one attached hydrogen (secondary N) is 1. The molecule has 58 valence electrons. The van der Waals surface area contributed by atoms with E-state index in [0.717, 1.165) is 12.5 Å². The molecular weight excluding hydrogens is 126 g/mol. The topological polar surface area (TPSA) is 21.3 Å². The van der Waals surface area contributed by atoms with Gasteiger partial charge >= 0.3 is 0 Å². The van der Waals surface area contributed by atoms with E-state index in [0.29, 0.717) is 5.54 Å². The Morgan fingerprint density at radius 1 is 1.60 bits per heavy atom. The van der Waals surface area contributed by atoms with Crippen molar-refractivity contribution >= 4 is 0 Å². The summed E-state index contributed by atoms with van der Waals surface area (Å²) in [6, 6.07) is 0. The Labute approximate surface area is 61.9 Å². The third-order valence-corrected chi connectivity index (χ3v) is 2.81. The molecule has 1 aliphatic carbocycles. The van der Waals surface area contributed by atoms with E-state index in [-0.39, 0.29) is 0 Å². The first kappa shape index (κ1) is 6.62. The normalized spacial score (nSPS) is 39.3. The summed E-state index contributed by atoms with van der Waals surface area (Å²) in [5.41, 5.74) is 0.411. The smallest absolute Gasteiger partial charge is 0.0647 e. The van der Waals surface area contributed by atoms with E-state index >= 15 is 0 Å². The summed E-state index contributed by atoms with van der Waals surface area (Å²) in [6.45, 7) is 2.11. The zero-order valence-electron chi connectivity index (χ0n) is 6.52. The molecule has 1 saturated heterocycles. The van der Waals surface area contributed by atoms with Crippen molar-refractivity contribution in [3.05, 3.63) is 0 Å². The van der Waals surface area contributed by atoms with E-state index in [4.69, 9.17) is 4.74 Å². The second-order valence-electron chi connectivity index (χ2n) is 3.54. The third kappa shape index (κ3) is 0.867. The maximum absolute atomic E-state index is 5.19. The molecule has 1 unspecified atom stereocenters. The first-order chi connectivity index (χ1) is 4.87. The van der Waals surface area contributed by atoms with Gasteiger partial charge in [-0.2, -0.15) is 0 Å². The molecular formula is C8H15NO. The third-order valence-electron chi connectivity index (χ3n) is 2.81. The molecule has 0 bridgehead atoms. The molecule has 1 N–H and O–H groups in total. The van der Waals surface area contributed by atoms with Crippen molar-refractivity contribution < 1.29 is 4.74 Å². The van der Waals surface area contributed by atoms with E-state index in [2.05, 4.69) is 5.32 Å². The van der Waals surface area contributed by atoms with Gasteiger partial charge in [-0.05, 0) is 31.7 Å². The number of ether oxygens (including phenoxy) is 1. The highest BCUT2D eigenvalue weighted by Gasteiger charge is 2.48. The lowest BCUT2D eigenvalue weighted by Crippen LogP contribution is -2.61. The van der Waals surface area contributed by atoms with Crippen LogP contribution in [0.1, 0.15) is 19.3 Å². The van der Waals surface area contributed by atoms with Gasteiger partial charge in [0.1, 0.15) is 0 Å². The Hall–Kier alpha value is -0.0800. The predicted molar refractivity (Wildman–Crippen MR) is 40.0 cm³/mol. The summed E-state index contributed by atoms with van der Waals surface area (Å²) in [4.78, 5) is 0. The molecule has 1 atom stereocenters. The fourth-order valence-corrected chi connectivity index (χ4v) is 1.93. The van der Waals surface area contributed by atoms with E-state index in [1.807, 2.05) is 0 Å². The zero-order valence-corrected chi connectivity index (χ0v) is 6.52. The summed E-state index contributed by atoms with van der Waals surface area (Å²) in [7, 11) is 1.80. The van der Waals surface area contributed by atoms with Crippen LogP contribution in [0.2, 0.25) is 0 Å². The second kappa shape index (κ2) is 2.21. The van der Waals surface area contributed by atoms with Crippen LogP contribution in [-0.2, 0) is 4.74 Å². The van der Waals surface area contributed by atoms with Crippen LogP contribution in [-0.4, -0.2) is 25.8 Å². The van der Waals surface area contributed by atoms with E-state index in [1.165, 1.54) is 25.8 Å². The summed E-state index contributed by atoms with van der Waals surface area (Å²) in [6.07, 6.45) is 4.15. The van der Waals surface area contributed by atoms with Crippen LogP contribution in [0.3, 0.4) is 0 Å². The maximum atomic E-state index is 5.19. The molecule has 2 heteroatoms. The van der Waals surface area contributed by atoms with Gasteiger partial charge in [-0.3, -0.25) is 0 Å². The quantitative estimate of drug-likeness (QED) is 0.627. The maximum Gasteiger partial charge on any atom is 0.0647 e. The van der Waals surface area contributed by atoms with Crippen molar-refractivity contribution in [2.75, 3.05) is 20.3 Å². The summed E-state index contributed by atoms with van der Waals surface area (Å²) >= 11 is 0. The SMILES string of the molecule is COCC1(C2CC2)CCN1. The van der Waals surface area contributed by atoms with Gasteiger partial charge in [0.15, 0.2) is 0 Å². The molecule has 0 aromatic heterocycles. The van der Waals surface area contributed by atoms with E-state index < -0.39 is 0 Å². The molecule has 1 saturated carbocycles. The monoisotopic (exact) mass is 141 g/mol. The summed E-state index contributed by atoms with van der Waals surface area (Å²) < 4.78 is 5.19. The standard InChI is InChI=1S/C8H15NO/c1-10-6-8(4-5-9-8)7-2-3-7/h7,9H,2-6H2,1H3. The first-order valence-corrected chi connectivity index (χ1v) is 4.11. The highest BCUT2D eigenvalue weighted by molar-refractivity contribution is 5.06. The highest BCUT2D eigenvalue weighted by Crippen LogP contribution is 2.44. The second-order valence-corrected chi connectivity index (χ2v) is 3.54. The zero-order chi connectivity index (χ0) is 7.03. The Balaban J connectivity index is 1.92. The average Bonchev–Trinajstić information content (AvgIpc) is 2.60. The Morgan fingerprint density at radius 2 is 2.30 bits per heavy atom. The number of methoxy groups -OCH3 is 1. The van der Waals surface area contributed by atoms with Crippen molar-refractivity contribution in [3.63, 3.8) is 0 Å². The Bertz CT molecular complexity index is 127. The molecule has 2 fully saturated rings. The fourth-order valence-electron chi connectivity index (χ4n) is 1.93. The van der Waals surface area contributed by atoms with E-state index in [1.54, 1.807) is 7.11 Å². The van der Waals surface area contributed by atoms with Crippen LogP contribution in [0.15, 0.2) is 0 Å². The fraction of sp³-hybridized carbons (Fsp3) is 1.00. The van der Waals surface area contributed by atoms with Gasteiger partial charge in [0.25, 0.3) is 0 Å². The summed E-state index contributed by atoms with van der Waals surface area (Å²) in [5.74, 6) is 0.932. The van der Waals surface area contributed by atoms with Gasteiger partial charge in [-0.25, -0.2) is 0 Å². The van der Waals surface area contributed by atoms with Crippen LogP contribution < -0.4 is 5.32 Å². The van der Waals surface area contributed by atoms with Crippen molar-refractivity contribution in [3.8, 4) is 0 Å². The lowest BCUT2D eigenvalue weighted by atomic mass is 9.84. The first-order valence-electron chi connectivity index (χ1n) is 4.11. The number of rotatable bonds is 3. The minimum atomic E-state index is 0.411. The van der Waals surface area contributed by atoms with Crippen molar-refractivity contribution in [1.82, 2.24) is 5.32 Å². The molecule has 0 aromatic rings. The van der Waals surface area contributed by atoms with Gasteiger partial charge in [0.2, 0.25) is 0 Å². The molecule has 2 nitrogen and oxygen atoms in total. The molecule has 0 aromatic carbocycles. The van der Waals surface area contributed by atoms with E-state index in [9.17, 15) is 0 Å². The van der Waals surface area contributed by atoms with Crippen molar-refractivity contribution in [1.29, 1.82) is 0 Å². The van der Waals surface area contributed by atoms with Gasteiger partial charge in [-0.1, -0.05) is 0 Å². The number of hydrogen-bond acceptors (Lipinski definition) is 2. The summed E-state index contributed by atoms with van der Waals surface area (Å²) in [5, 5.41) is 3.50. The van der Waals surface area contributed by atoms with Gasteiger partial charge in [0.05, 0.1) is 6.61 Å². The van der Waals surface area contributed by atoms with Crippen LogP contribution in [0.5, 0.6) is 0 Å². The van der Waals surface area contributed by atoms with Gasteiger partial charge in [0, 0.05) is 12.6 Å². The van der Waals surface area contributed by atoms with Gasteiger partial charge in [-0.15, -0.1) is 0 Å². The highest BCUT2D eigenvalue weighted by atomic mass is 16.5. The van der Waals surface area contributed by atoms with Crippen LogP contribution in [0.4, 0.5) is 0 Å².